The number of para-hydroxylation sites is 2. The lowest BCUT2D eigenvalue weighted by Crippen LogP contribution is -2.14. The number of alkyl halides is 3. The average Bonchev–Trinajstić information content (AvgIpc) is 3.70. The van der Waals surface area contributed by atoms with Gasteiger partial charge in [0.05, 0.1) is 51.5 Å². The van der Waals surface area contributed by atoms with Gasteiger partial charge in [0.1, 0.15) is 0 Å². The highest BCUT2D eigenvalue weighted by Crippen LogP contribution is 2.47. The van der Waals surface area contributed by atoms with Crippen molar-refractivity contribution < 1.29 is 13.2 Å². The van der Waals surface area contributed by atoms with E-state index in [1.807, 2.05) is 68.4 Å². The first kappa shape index (κ1) is 35.6. The molecule has 0 aliphatic rings. The predicted molar refractivity (Wildman–Crippen MR) is 226 cm³/mol. The first-order chi connectivity index (χ1) is 27.4. The van der Waals surface area contributed by atoms with E-state index in [-0.39, 0.29) is 16.7 Å². The molecule has 2 aromatic heterocycles. The Balaban J connectivity index is 1.47. The maximum Gasteiger partial charge on any atom is 0.417 e. The number of hydrogen-bond acceptors (Lipinski definition) is 1. The molecule has 0 spiro atoms. The van der Waals surface area contributed by atoms with Crippen LogP contribution in [0.25, 0.3) is 82.1 Å². The molecule has 0 saturated carbocycles. The Kier molecular flexibility index (Phi) is 8.12. The topological polar surface area (TPSA) is 38.0 Å². The molecule has 0 atom stereocenters. The highest BCUT2D eigenvalue weighted by atomic mass is 19.4. The highest BCUT2D eigenvalue weighted by molar-refractivity contribution is 6.12. The molecule has 0 bridgehead atoms. The molecule has 0 radical (unpaired) electrons. The van der Waals surface area contributed by atoms with Gasteiger partial charge in [0, 0.05) is 38.4 Å². The SMILES string of the molecule is [C-]#[N+]c1ccc(-c2cc(-c3c(C)c(C)c(C#N)c(C)c3C(F)(F)F)ccc2-n2c3ccccc3c3ccc(C)cc32)c(-n2c3ccccc3c3ccc(C)cc32)c1. The molecule has 57 heavy (non-hydrogen) atoms. The normalized spacial score (nSPS) is 11.8. The molecule has 0 amide bonds. The van der Waals surface area contributed by atoms with Gasteiger partial charge in [-0.25, -0.2) is 4.85 Å². The van der Waals surface area contributed by atoms with Crippen molar-refractivity contribution in [3.8, 4) is 39.7 Å². The Hall–Kier alpha value is -7.09. The summed E-state index contributed by atoms with van der Waals surface area (Å²) in [4.78, 5) is 3.85. The summed E-state index contributed by atoms with van der Waals surface area (Å²) in [5, 5.41) is 14.2. The maximum absolute atomic E-state index is 15.3. The van der Waals surface area contributed by atoms with E-state index in [0.717, 1.165) is 71.7 Å². The van der Waals surface area contributed by atoms with E-state index < -0.39 is 11.7 Å². The van der Waals surface area contributed by atoms with Crippen LogP contribution in [0, 0.1) is 52.5 Å². The molecule has 0 aliphatic carbocycles. The average molecular weight is 749 g/mol. The molecule has 9 rings (SSSR count). The van der Waals surface area contributed by atoms with E-state index in [4.69, 9.17) is 6.57 Å². The maximum atomic E-state index is 15.3. The standard InChI is InChI=1S/C50H35F3N4/c1-28-15-19-37-35-11-7-9-13-42(35)56(45(37)23-28)44-22-17-33(48-31(4)30(3)41(27-54)32(5)49(48)50(51,52)53)25-40(44)39-21-18-34(55-6)26-47(39)57-43-14-10-8-12-36(43)38-20-16-29(2)24-46(38)57/h7-26H,1-5H3. The van der Waals surface area contributed by atoms with Crippen molar-refractivity contribution in [2.45, 2.75) is 40.8 Å². The fourth-order valence-corrected chi connectivity index (χ4v) is 8.82. The van der Waals surface area contributed by atoms with Crippen LogP contribution in [0.5, 0.6) is 0 Å². The summed E-state index contributed by atoms with van der Waals surface area (Å²) in [6, 6.07) is 42.2. The van der Waals surface area contributed by atoms with Gasteiger partial charge in [-0.2, -0.15) is 18.4 Å². The molecular formula is C50H35F3N4. The van der Waals surface area contributed by atoms with Crippen molar-refractivity contribution in [2.75, 3.05) is 0 Å². The lowest BCUT2D eigenvalue weighted by atomic mass is 9.84. The van der Waals surface area contributed by atoms with E-state index in [1.54, 1.807) is 26.0 Å². The highest BCUT2D eigenvalue weighted by Gasteiger charge is 2.38. The van der Waals surface area contributed by atoms with E-state index >= 15 is 13.2 Å². The molecule has 0 aliphatic heterocycles. The Morgan fingerprint density at radius 1 is 0.561 bits per heavy atom. The quantitative estimate of drug-likeness (QED) is 0.165. The van der Waals surface area contributed by atoms with E-state index in [1.165, 1.54) is 6.92 Å². The summed E-state index contributed by atoms with van der Waals surface area (Å²) in [5.74, 6) is 0. The zero-order valence-electron chi connectivity index (χ0n) is 32.0. The molecule has 9 aromatic rings. The van der Waals surface area contributed by atoms with Crippen LogP contribution in [0.2, 0.25) is 0 Å². The van der Waals surface area contributed by atoms with Crippen LogP contribution in [0.15, 0.2) is 121 Å². The molecule has 0 fully saturated rings. The summed E-state index contributed by atoms with van der Waals surface area (Å²) >= 11 is 0. The third-order valence-corrected chi connectivity index (χ3v) is 11.5. The number of fused-ring (bicyclic) bond motifs is 6. The van der Waals surface area contributed by atoms with Crippen LogP contribution in [-0.4, -0.2) is 9.13 Å². The number of nitrogens with zero attached hydrogens (tertiary/aromatic N) is 4. The van der Waals surface area contributed by atoms with Gasteiger partial charge in [0.2, 0.25) is 0 Å². The van der Waals surface area contributed by atoms with Gasteiger partial charge >= 0.3 is 6.18 Å². The molecule has 7 aromatic carbocycles. The molecule has 2 heterocycles. The summed E-state index contributed by atoms with van der Waals surface area (Å²) in [6.45, 7) is 16.9. The monoisotopic (exact) mass is 748 g/mol. The minimum absolute atomic E-state index is 0.0414. The molecule has 276 valence electrons. The third-order valence-electron chi connectivity index (χ3n) is 11.5. The first-order valence-electron chi connectivity index (χ1n) is 18.7. The second-order valence-corrected chi connectivity index (χ2v) is 14.9. The number of hydrogen-bond donors (Lipinski definition) is 0. The lowest BCUT2D eigenvalue weighted by Gasteiger charge is -2.24. The summed E-state index contributed by atoms with van der Waals surface area (Å²) in [7, 11) is 0. The summed E-state index contributed by atoms with van der Waals surface area (Å²) in [5.41, 5.74) is 9.83. The van der Waals surface area contributed by atoms with Gasteiger partial charge in [-0.15, -0.1) is 0 Å². The van der Waals surface area contributed by atoms with Crippen molar-refractivity contribution >= 4 is 49.3 Å². The van der Waals surface area contributed by atoms with Crippen LogP contribution in [0.1, 0.15) is 38.9 Å². The molecule has 4 nitrogen and oxygen atoms in total. The fraction of sp³-hybridized carbons (Fsp3) is 0.120. The second kappa shape index (κ2) is 13.0. The second-order valence-electron chi connectivity index (χ2n) is 14.9. The van der Waals surface area contributed by atoms with Gasteiger partial charge in [0.25, 0.3) is 0 Å². The number of aryl methyl sites for hydroxylation is 2. The Morgan fingerprint density at radius 3 is 1.68 bits per heavy atom. The van der Waals surface area contributed by atoms with Crippen molar-refractivity contribution in [1.29, 1.82) is 5.26 Å². The number of halogens is 3. The number of benzene rings is 7. The summed E-state index contributed by atoms with van der Waals surface area (Å²) in [6.07, 6.45) is -4.73. The third kappa shape index (κ3) is 5.42. The predicted octanol–water partition coefficient (Wildman–Crippen LogP) is 14.2. The molecule has 0 N–H and O–H groups in total. The van der Waals surface area contributed by atoms with Crippen LogP contribution in [-0.2, 0) is 6.18 Å². The number of rotatable bonds is 4. The minimum Gasteiger partial charge on any atom is -0.310 e. The minimum atomic E-state index is -4.73. The summed E-state index contributed by atoms with van der Waals surface area (Å²) < 4.78 is 50.1. The Bertz CT molecular complexity index is 3250. The van der Waals surface area contributed by atoms with Gasteiger partial charge in [-0.05, 0) is 116 Å². The van der Waals surface area contributed by atoms with Crippen LogP contribution >= 0.6 is 0 Å². The van der Waals surface area contributed by atoms with Gasteiger partial charge in [0.15, 0.2) is 5.69 Å². The zero-order valence-corrected chi connectivity index (χ0v) is 32.0. The van der Waals surface area contributed by atoms with Crippen LogP contribution < -0.4 is 0 Å². The van der Waals surface area contributed by atoms with Gasteiger partial charge < -0.3 is 9.13 Å². The number of nitriles is 1. The van der Waals surface area contributed by atoms with Crippen molar-refractivity contribution in [3.63, 3.8) is 0 Å². The van der Waals surface area contributed by atoms with Crippen molar-refractivity contribution in [3.05, 3.63) is 172 Å². The number of aromatic nitrogens is 2. The van der Waals surface area contributed by atoms with Crippen LogP contribution in [0.4, 0.5) is 18.9 Å². The Morgan fingerprint density at radius 2 is 1.12 bits per heavy atom. The zero-order chi connectivity index (χ0) is 39.9. The van der Waals surface area contributed by atoms with Gasteiger partial charge in [-0.3, -0.25) is 0 Å². The van der Waals surface area contributed by atoms with E-state index in [9.17, 15) is 5.26 Å². The van der Waals surface area contributed by atoms with E-state index in [0.29, 0.717) is 27.9 Å². The lowest BCUT2D eigenvalue weighted by molar-refractivity contribution is -0.137. The van der Waals surface area contributed by atoms with Gasteiger partial charge in [-0.1, -0.05) is 78.9 Å². The molecule has 7 heteroatoms. The van der Waals surface area contributed by atoms with Crippen LogP contribution in [0.3, 0.4) is 0 Å². The molecule has 0 saturated heterocycles. The largest absolute Gasteiger partial charge is 0.417 e. The molecule has 0 unspecified atom stereocenters. The van der Waals surface area contributed by atoms with E-state index in [2.05, 4.69) is 74.6 Å². The smallest absolute Gasteiger partial charge is 0.310 e. The molecular weight excluding hydrogens is 714 g/mol. The first-order valence-corrected chi connectivity index (χ1v) is 18.7. The fourth-order valence-electron chi connectivity index (χ4n) is 8.82. The Labute approximate surface area is 328 Å². The van der Waals surface area contributed by atoms with Crippen molar-refractivity contribution in [2.24, 2.45) is 0 Å². The van der Waals surface area contributed by atoms with Crippen molar-refractivity contribution in [1.82, 2.24) is 9.13 Å².